The molecule has 1 aliphatic heterocycles. The van der Waals surface area contributed by atoms with Gasteiger partial charge in [-0.25, -0.2) is 22.9 Å². The van der Waals surface area contributed by atoms with E-state index in [1.807, 2.05) is 0 Å². The Morgan fingerprint density at radius 3 is 2.35 bits per heavy atom. The Morgan fingerprint density at radius 2 is 1.81 bits per heavy atom. The fraction of sp³-hybridized carbons (Fsp3) is 0.500. The fourth-order valence-electron chi connectivity index (χ4n) is 2.30. The molecule has 2 heterocycles. The Hall–Kier alpha value is -1.57. The van der Waals surface area contributed by atoms with Gasteiger partial charge in [0.2, 0.25) is 0 Å². The summed E-state index contributed by atoms with van der Waals surface area (Å²) in [5, 5.41) is 18.8. The van der Waals surface area contributed by atoms with E-state index in [9.17, 15) is 37.7 Å². The Kier molecular flexibility index (Phi) is 7.56. The third kappa shape index (κ3) is 6.70. The van der Waals surface area contributed by atoms with Gasteiger partial charge in [0.15, 0.2) is 12.4 Å². The van der Waals surface area contributed by atoms with Crippen LogP contribution in [0.1, 0.15) is 11.8 Å². The van der Waals surface area contributed by atoms with E-state index in [-0.39, 0.29) is 0 Å². The minimum Gasteiger partial charge on any atom is -0.385 e. The zero-order valence-electron chi connectivity index (χ0n) is 14.6. The maximum absolute atomic E-state index is 14.3. The molecule has 1 saturated heterocycles. The second-order valence-corrected chi connectivity index (χ2v) is 10.1. The first-order valence-corrected chi connectivity index (χ1v) is 12.1. The number of ether oxygens (including phenoxy) is 1. The molecular weight excluding hydrogens is 498 g/mol. The second kappa shape index (κ2) is 9.12. The van der Waals surface area contributed by atoms with Crippen molar-refractivity contribution in [1.29, 1.82) is 5.26 Å². The van der Waals surface area contributed by atoms with Crippen LogP contribution in [0.4, 0.5) is 4.39 Å². The third-order valence-electron chi connectivity index (χ3n) is 3.47. The van der Waals surface area contributed by atoms with Crippen LogP contribution in [0.25, 0.3) is 0 Å². The van der Waals surface area contributed by atoms with Crippen molar-refractivity contribution in [1.82, 2.24) is 9.55 Å². The maximum Gasteiger partial charge on any atom is 0.490 e. The van der Waals surface area contributed by atoms with E-state index >= 15 is 0 Å². The average molecular weight is 511 g/mol. The minimum absolute atomic E-state index is 0.474. The molecule has 4 unspecified atom stereocenters. The van der Waals surface area contributed by atoms with Crippen LogP contribution in [0.15, 0.2) is 15.8 Å². The summed E-state index contributed by atoms with van der Waals surface area (Å²) in [6, 6.07) is 1.44. The first kappa shape index (κ1) is 25.7. The van der Waals surface area contributed by atoms with Gasteiger partial charge in [-0.05, 0) is 0 Å². The highest BCUT2D eigenvalue weighted by Gasteiger charge is 2.48. The van der Waals surface area contributed by atoms with E-state index in [1.54, 1.807) is 4.98 Å². The number of hydrogen-bond donors (Lipinski definition) is 6. The summed E-state index contributed by atoms with van der Waals surface area (Å²) in [4.78, 5) is 60.2. The topological polar surface area (TPSA) is 268 Å². The number of aliphatic hydroxyl groups excluding tert-OH is 1. The number of aromatic amines is 1. The normalized spacial score (nSPS) is 27.9. The van der Waals surface area contributed by atoms with E-state index in [1.165, 1.54) is 6.07 Å². The lowest BCUT2D eigenvalue weighted by molar-refractivity contribution is -0.0531. The number of nitriles is 1. The van der Waals surface area contributed by atoms with E-state index < -0.39 is 71.5 Å². The van der Waals surface area contributed by atoms with Gasteiger partial charge in [0.25, 0.3) is 5.56 Å². The molecule has 0 radical (unpaired) electrons. The molecule has 0 aliphatic carbocycles. The standard InChI is InChI=1S/C10H13FN3O14P3/c11-6-5(3-25-30(21,22)28-31(23,24)27-29(18,19)20)26-9(7(6)15)14-2-4(1-12)8(16)13-10(14)17/h2,5-7,9,15H,3H2,(H,21,22)(H,23,24)(H,13,16,17)(H2,18,19,20)/t5-,6?,7?,9-/m0/s1. The SMILES string of the molecule is N#Cc1cn([C@H]2O[C@@H](COP(=O)(O)OP(=O)(O)OP(=O)(O)O)C(F)C2O)c(=O)[nH]c1=O. The Bertz CT molecular complexity index is 1140. The van der Waals surface area contributed by atoms with Crippen molar-refractivity contribution >= 4 is 23.5 Å². The number of rotatable bonds is 8. The molecule has 17 nitrogen and oxygen atoms in total. The van der Waals surface area contributed by atoms with Gasteiger partial charge in [-0.1, -0.05) is 0 Å². The van der Waals surface area contributed by atoms with Crippen LogP contribution in [-0.2, 0) is 31.6 Å². The Labute approximate surface area is 169 Å². The lowest BCUT2D eigenvalue weighted by Crippen LogP contribution is -2.37. The molecule has 174 valence electrons. The van der Waals surface area contributed by atoms with Gasteiger partial charge in [-0.15, -0.1) is 0 Å². The molecule has 1 aliphatic rings. The van der Waals surface area contributed by atoms with E-state index in [4.69, 9.17) is 24.7 Å². The molecule has 0 saturated carbocycles. The summed E-state index contributed by atoms with van der Waals surface area (Å²) in [6.07, 6.45) is -7.49. The summed E-state index contributed by atoms with van der Waals surface area (Å²) >= 11 is 0. The van der Waals surface area contributed by atoms with Crippen LogP contribution >= 0.6 is 23.5 Å². The molecule has 2 rings (SSSR count). The zero-order chi connectivity index (χ0) is 23.8. The minimum atomic E-state index is -5.80. The van der Waals surface area contributed by atoms with Crippen LogP contribution in [-0.4, -0.2) is 59.2 Å². The predicted octanol–water partition coefficient (Wildman–Crippen LogP) is -1.65. The predicted molar refractivity (Wildman–Crippen MR) is 90.7 cm³/mol. The summed E-state index contributed by atoms with van der Waals surface area (Å²) in [6.45, 7) is -1.23. The van der Waals surface area contributed by atoms with Crippen LogP contribution in [0.3, 0.4) is 0 Å². The van der Waals surface area contributed by atoms with E-state index in [0.29, 0.717) is 10.8 Å². The molecule has 0 aromatic carbocycles. The lowest BCUT2D eigenvalue weighted by atomic mass is 10.1. The smallest absolute Gasteiger partial charge is 0.385 e. The molecule has 0 spiro atoms. The number of phosphoric ester groups is 1. The number of aliphatic hydroxyl groups is 1. The fourth-order valence-corrected chi connectivity index (χ4v) is 5.33. The van der Waals surface area contributed by atoms with Gasteiger partial charge in [-0.2, -0.15) is 13.9 Å². The summed E-state index contributed by atoms with van der Waals surface area (Å²) < 4.78 is 64.4. The molecular formula is C10H13FN3O14P3. The van der Waals surface area contributed by atoms with Gasteiger partial charge in [0.05, 0.1) is 6.61 Å². The van der Waals surface area contributed by atoms with Gasteiger partial charge in [-0.3, -0.25) is 18.9 Å². The number of alkyl halides is 1. The highest BCUT2D eigenvalue weighted by molar-refractivity contribution is 7.66. The lowest BCUT2D eigenvalue weighted by Gasteiger charge is -2.19. The molecule has 0 amide bonds. The number of hydrogen-bond acceptors (Lipinski definition) is 11. The second-order valence-electron chi connectivity index (χ2n) is 5.71. The number of H-pyrrole nitrogens is 1. The molecule has 1 aromatic heterocycles. The quantitative estimate of drug-likeness (QED) is 0.213. The van der Waals surface area contributed by atoms with Crippen LogP contribution < -0.4 is 11.2 Å². The third-order valence-corrected chi connectivity index (χ3v) is 7.27. The van der Waals surface area contributed by atoms with Crippen molar-refractivity contribution in [2.75, 3.05) is 6.61 Å². The monoisotopic (exact) mass is 511 g/mol. The van der Waals surface area contributed by atoms with E-state index in [0.717, 1.165) is 0 Å². The van der Waals surface area contributed by atoms with Gasteiger partial charge >= 0.3 is 29.2 Å². The van der Waals surface area contributed by atoms with Gasteiger partial charge in [0.1, 0.15) is 23.8 Å². The zero-order valence-corrected chi connectivity index (χ0v) is 17.3. The van der Waals surface area contributed by atoms with Crippen LogP contribution in [0.5, 0.6) is 0 Å². The number of aromatic nitrogens is 2. The van der Waals surface area contributed by atoms with Crippen molar-refractivity contribution in [2.24, 2.45) is 0 Å². The number of halogens is 1. The molecule has 21 heteroatoms. The summed E-state index contributed by atoms with van der Waals surface area (Å²) in [7, 11) is -17.0. The molecule has 31 heavy (non-hydrogen) atoms. The van der Waals surface area contributed by atoms with Crippen molar-refractivity contribution in [2.45, 2.75) is 24.6 Å². The van der Waals surface area contributed by atoms with Crippen LogP contribution in [0, 0.1) is 11.3 Å². The number of nitrogens with zero attached hydrogens (tertiary/aromatic N) is 2. The Balaban J connectivity index is 2.13. The Morgan fingerprint density at radius 1 is 1.19 bits per heavy atom. The largest absolute Gasteiger partial charge is 0.490 e. The highest BCUT2D eigenvalue weighted by Crippen LogP contribution is 2.66. The molecule has 1 fully saturated rings. The maximum atomic E-state index is 14.3. The van der Waals surface area contributed by atoms with E-state index in [2.05, 4.69) is 13.1 Å². The first-order valence-electron chi connectivity index (χ1n) is 7.57. The number of nitrogens with one attached hydrogen (secondary N) is 1. The highest BCUT2D eigenvalue weighted by atomic mass is 31.3. The van der Waals surface area contributed by atoms with Crippen molar-refractivity contribution in [3.05, 3.63) is 32.6 Å². The average Bonchev–Trinajstić information content (AvgIpc) is 2.85. The summed E-state index contributed by atoms with van der Waals surface area (Å²) in [5.74, 6) is 0. The van der Waals surface area contributed by atoms with Crippen molar-refractivity contribution in [3.63, 3.8) is 0 Å². The van der Waals surface area contributed by atoms with Crippen molar-refractivity contribution in [3.8, 4) is 6.07 Å². The summed E-state index contributed by atoms with van der Waals surface area (Å²) in [5.41, 5.74) is -2.83. The van der Waals surface area contributed by atoms with Gasteiger partial charge < -0.3 is 29.4 Å². The first-order chi connectivity index (χ1) is 14.1. The van der Waals surface area contributed by atoms with Crippen molar-refractivity contribution < 1.29 is 60.6 Å². The molecule has 6 atom stereocenters. The molecule has 0 bridgehead atoms. The van der Waals surface area contributed by atoms with Gasteiger partial charge in [0, 0.05) is 6.20 Å². The molecule has 1 aromatic rings. The molecule has 6 N–H and O–H groups in total. The number of phosphoric acid groups is 3. The van der Waals surface area contributed by atoms with Crippen LogP contribution in [0.2, 0.25) is 0 Å².